The van der Waals surface area contributed by atoms with Crippen LogP contribution >= 0.6 is 12.2 Å². The minimum absolute atomic E-state index is 0.637. The first-order valence-corrected chi connectivity index (χ1v) is 9.56. The van der Waals surface area contributed by atoms with Gasteiger partial charge in [0, 0.05) is 45.1 Å². The van der Waals surface area contributed by atoms with Crippen molar-refractivity contribution in [2.75, 3.05) is 38.1 Å². The summed E-state index contributed by atoms with van der Waals surface area (Å²) >= 11 is 5.66. The van der Waals surface area contributed by atoms with Gasteiger partial charge in [-0.05, 0) is 49.3 Å². The molecule has 0 saturated carbocycles. The van der Waals surface area contributed by atoms with Crippen LogP contribution in [-0.4, -0.2) is 52.7 Å². The number of rotatable bonds is 5. The Bertz CT molecular complexity index is 710. The Morgan fingerprint density at radius 3 is 2.85 bits per heavy atom. The van der Waals surface area contributed by atoms with Gasteiger partial charge >= 0.3 is 0 Å². The first-order valence-electron chi connectivity index (χ1n) is 9.15. The van der Waals surface area contributed by atoms with Crippen molar-refractivity contribution in [2.45, 2.75) is 19.9 Å². The number of aromatic nitrogens is 1. The number of para-hydroxylation sites is 2. The number of nitrogens with zero attached hydrogens (tertiary/aromatic N) is 3. The Balaban J connectivity index is 1.56. The zero-order valence-corrected chi connectivity index (χ0v) is 16.0. The van der Waals surface area contributed by atoms with E-state index in [2.05, 4.69) is 26.2 Å². The number of ether oxygens (including phenoxy) is 1. The summed E-state index contributed by atoms with van der Waals surface area (Å²) in [7, 11) is 0. The summed E-state index contributed by atoms with van der Waals surface area (Å²) in [6.45, 7) is 7.51. The Morgan fingerprint density at radius 1 is 1.15 bits per heavy atom. The normalized spacial score (nSPS) is 15.3. The molecule has 3 rings (SSSR count). The van der Waals surface area contributed by atoms with E-state index < -0.39 is 0 Å². The van der Waals surface area contributed by atoms with Crippen molar-refractivity contribution >= 4 is 23.0 Å². The number of hydrogen-bond acceptors (Lipinski definition) is 4. The Labute approximate surface area is 161 Å². The molecule has 0 atom stereocenters. The second-order valence-corrected chi connectivity index (χ2v) is 6.72. The largest absolute Gasteiger partial charge is 0.492 e. The highest BCUT2D eigenvalue weighted by Gasteiger charge is 2.18. The van der Waals surface area contributed by atoms with Gasteiger partial charge in [-0.1, -0.05) is 18.2 Å². The van der Waals surface area contributed by atoms with E-state index in [9.17, 15) is 0 Å². The lowest BCUT2D eigenvalue weighted by Crippen LogP contribution is -2.37. The summed E-state index contributed by atoms with van der Waals surface area (Å²) in [6.07, 6.45) is 4.85. The van der Waals surface area contributed by atoms with Crippen molar-refractivity contribution in [1.29, 1.82) is 0 Å². The average molecular weight is 371 g/mol. The Morgan fingerprint density at radius 2 is 2.04 bits per heavy atom. The standard InChI is InChI=1S/C20H26N4OS/c1-2-25-19-9-4-3-8-18(19)22-20(26)24-12-6-11-23(13-14-24)16-17-7-5-10-21-15-17/h3-5,7-10,15H,2,6,11-14,16H2,1H3,(H,22,26). The predicted octanol–water partition coefficient (Wildman–Crippen LogP) is 3.39. The van der Waals surface area contributed by atoms with E-state index in [1.54, 1.807) is 0 Å². The molecule has 1 fully saturated rings. The smallest absolute Gasteiger partial charge is 0.173 e. The van der Waals surface area contributed by atoms with Gasteiger partial charge in [0.15, 0.2) is 5.11 Å². The highest BCUT2D eigenvalue weighted by molar-refractivity contribution is 7.80. The predicted molar refractivity (Wildman–Crippen MR) is 110 cm³/mol. The lowest BCUT2D eigenvalue weighted by atomic mass is 10.2. The van der Waals surface area contributed by atoms with Gasteiger partial charge < -0.3 is 15.0 Å². The summed E-state index contributed by atoms with van der Waals surface area (Å²) < 4.78 is 5.68. The molecule has 26 heavy (non-hydrogen) atoms. The molecule has 0 aliphatic carbocycles. The molecule has 6 heteroatoms. The van der Waals surface area contributed by atoms with Gasteiger partial charge in [0.25, 0.3) is 0 Å². The molecule has 138 valence electrons. The number of thiocarbonyl (C=S) groups is 1. The molecule has 0 spiro atoms. The minimum atomic E-state index is 0.637. The van der Waals surface area contributed by atoms with E-state index >= 15 is 0 Å². The number of pyridine rings is 1. The van der Waals surface area contributed by atoms with Crippen LogP contribution in [0.25, 0.3) is 0 Å². The van der Waals surface area contributed by atoms with Crippen LogP contribution in [0.3, 0.4) is 0 Å². The van der Waals surface area contributed by atoms with Gasteiger partial charge in [0.05, 0.1) is 12.3 Å². The lowest BCUT2D eigenvalue weighted by molar-refractivity contribution is 0.278. The van der Waals surface area contributed by atoms with Crippen LogP contribution in [0.5, 0.6) is 5.75 Å². The molecular formula is C20H26N4OS. The fraction of sp³-hybridized carbons (Fsp3) is 0.400. The summed E-state index contributed by atoms with van der Waals surface area (Å²) in [5.74, 6) is 0.838. The van der Waals surface area contributed by atoms with E-state index in [0.29, 0.717) is 6.61 Å². The molecule has 0 unspecified atom stereocenters. The van der Waals surface area contributed by atoms with Gasteiger partial charge in [-0.15, -0.1) is 0 Å². The highest BCUT2D eigenvalue weighted by Crippen LogP contribution is 2.24. The summed E-state index contributed by atoms with van der Waals surface area (Å²) in [5.41, 5.74) is 2.18. The number of nitrogens with one attached hydrogen (secondary N) is 1. The fourth-order valence-corrected chi connectivity index (χ4v) is 3.42. The van der Waals surface area contributed by atoms with E-state index in [0.717, 1.165) is 55.7 Å². The van der Waals surface area contributed by atoms with E-state index in [-0.39, 0.29) is 0 Å². The van der Waals surface area contributed by atoms with Crippen LogP contribution < -0.4 is 10.1 Å². The van der Waals surface area contributed by atoms with Crippen LogP contribution in [0.1, 0.15) is 18.9 Å². The quantitative estimate of drug-likeness (QED) is 0.814. The summed E-state index contributed by atoms with van der Waals surface area (Å²) in [6, 6.07) is 12.1. The van der Waals surface area contributed by atoms with Crippen molar-refractivity contribution in [1.82, 2.24) is 14.8 Å². The van der Waals surface area contributed by atoms with Gasteiger partial charge in [0.2, 0.25) is 0 Å². The summed E-state index contributed by atoms with van der Waals surface area (Å²) in [4.78, 5) is 8.92. The van der Waals surface area contributed by atoms with Crippen LogP contribution in [0.15, 0.2) is 48.8 Å². The maximum atomic E-state index is 5.68. The number of hydrogen-bond donors (Lipinski definition) is 1. The van der Waals surface area contributed by atoms with Crippen molar-refractivity contribution < 1.29 is 4.74 Å². The maximum absolute atomic E-state index is 5.68. The van der Waals surface area contributed by atoms with Gasteiger partial charge in [-0.2, -0.15) is 0 Å². The molecule has 2 aromatic rings. The monoisotopic (exact) mass is 370 g/mol. The molecule has 0 bridgehead atoms. The molecule has 0 radical (unpaired) electrons. The lowest BCUT2D eigenvalue weighted by Gasteiger charge is -2.25. The molecule has 1 aliphatic heterocycles. The van der Waals surface area contributed by atoms with Crippen molar-refractivity contribution in [3.05, 3.63) is 54.4 Å². The molecular weight excluding hydrogens is 344 g/mol. The zero-order valence-electron chi connectivity index (χ0n) is 15.2. The van der Waals surface area contributed by atoms with Crippen molar-refractivity contribution in [3.63, 3.8) is 0 Å². The summed E-state index contributed by atoms with van der Waals surface area (Å²) in [5, 5.41) is 4.13. The van der Waals surface area contributed by atoms with E-state index in [4.69, 9.17) is 17.0 Å². The average Bonchev–Trinajstić information content (AvgIpc) is 2.90. The van der Waals surface area contributed by atoms with Crippen molar-refractivity contribution in [2.24, 2.45) is 0 Å². The zero-order chi connectivity index (χ0) is 18.2. The Kier molecular flexibility index (Phi) is 6.80. The first kappa shape index (κ1) is 18.6. The number of benzene rings is 1. The van der Waals surface area contributed by atoms with Gasteiger partial charge in [-0.3, -0.25) is 9.88 Å². The third-order valence-corrected chi connectivity index (χ3v) is 4.79. The third-order valence-electron chi connectivity index (χ3n) is 4.43. The minimum Gasteiger partial charge on any atom is -0.492 e. The van der Waals surface area contributed by atoms with E-state index in [1.165, 1.54) is 5.56 Å². The highest BCUT2D eigenvalue weighted by atomic mass is 32.1. The van der Waals surface area contributed by atoms with Crippen LogP contribution in [0.2, 0.25) is 0 Å². The third kappa shape index (κ3) is 5.16. The van der Waals surface area contributed by atoms with Crippen LogP contribution in [0, 0.1) is 0 Å². The van der Waals surface area contributed by atoms with Gasteiger partial charge in [0.1, 0.15) is 5.75 Å². The Hall–Kier alpha value is -2.18. The SMILES string of the molecule is CCOc1ccccc1NC(=S)N1CCCN(Cc2cccnc2)CC1. The maximum Gasteiger partial charge on any atom is 0.173 e. The molecule has 2 heterocycles. The van der Waals surface area contributed by atoms with Gasteiger partial charge in [-0.25, -0.2) is 0 Å². The molecule has 1 aliphatic rings. The second kappa shape index (κ2) is 9.50. The van der Waals surface area contributed by atoms with E-state index in [1.807, 2.05) is 49.6 Å². The van der Waals surface area contributed by atoms with Crippen LogP contribution in [-0.2, 0) is 6.54 Å². The molecule has 1 saturated heterocycles. The molecule has 0 amide bonds. The molecule has 1 aromatic carbocycles. The van der Waals surface area contributed by atoms with Crippen LogP contribution in [0.4, 0.5) is 5.69 Å². The fourth-order valence-electron chi connectivity index (χ4n) is 3.13. The molecule has 1 aromatic heterocycles. The molecule has 5 nitrogen and oxygen atoms in total. The topological polar surface area (TPSA) is 40.6 Å². The second-order valence-electron chi connectivity index (χ2n) is 6.34. The molecule has 1 N–H and O–H groups in total. The first-order chi connectivity index (χ1) is 12.8. The van der Waals surface area contributed by atoms with Crippen molar-refractivity contribution in [3.8, 4) is 5.75 Å². The number of anilines is 1.